The van der Waals surface area contributed by atoms with Crippen LogP contribution in [0.4, 0.5) is 0 Å². The molecule has 0 bridgehead atoms. The van der Waals surface area contributed by atoms with Gasteiger partial charge in [0, 0.05) is 17.5 Å². The molecular formula is C13H18O3. The standard InChI is InChI=1S/C13H18O3/c1-5-11-12(15-3)7-6-10(8-9(2)14)13(11)16-4/h6-7H,5,8H2,1-4H3. The van der Waals surface area contributed by atoms with Gasteiger partial charge in [-0.15, -0.1) is 0 Å². The number of carbonyl (C=O) groups excluding carboxylic acids is 1. The summed E-state index contributed by atoms with van der Waals surface area (Å²) in [7, 11) is 3.26. The lowest BCUT2D eigenvalue weighted by Crippen LogP contribution is -2.03. The molecule has 0 radical (unpaired) electrons. The number of rotatable bonds is 5. The molecule has 0 spiro atoms. The zero-order valence-corrected chi connectivity index (χ0v) is 10.3. The van der Waals surface area contributed by atoms with Gasteiger partial charge in [0.1, 0.15) is 17.3 Å². The number of hydrogen-bond acceptors (Lipinski definition) is 3. The van der Waals surface area contributed by atoms with E-state index < -0.39 is 0 Å². The lowest BCUT2D eigenvalue weighted by molar-refractivity contribution is -0.116. The summed E-state index contributed by atoms with van der Waals surface area (Å²) in [5, 5.41) is 0. The molecule has 3 heteroatoms. The van der Waals surface area contributed by atoms with E-state index in [1.54, 1.807) is 21.1 Å². The summed E-state index contributed by atoms with van der Waals surface area (Å²) >= 11 is 0. The molecule has 0 saturated carbocycles. The van der Waals surface area contributed by atoms with Crippen LogP contribution < -0.4 is 9.47 Å². The number of benzene rings is 1. The molecule has 1 aromatic carbocycles. The van der Waals surface area contributed by atoms with Crippen molar-refractivity contribution in [1.29, 1.82) is 0 Å². The molecule has 0 aromatic heterocycles. The Bertz CT molecular complexity index is 383. The quantitative estimate of drug-likeness (QED) is 0.767. The van der Waals surface area contributed by atoms with Crippen molar-refractivity contribution >= 4 is 5.78 Å². The van der Waals surface area contributed by atoms with Gasteiger partial charge < -0.3 is 9.47 Å². The summed E-state index contributed by atoms with van der Waals surface area (Å²) in [6.45, 7) is 3.62. The Morgan fingerprint density at radius 1 is 1.25 bits per heavy atom. The molecule has 16 heavy (non-hydrogen) atoms. The zero-order chi connectivity index (χ0) is 12.1. The Kier molecular flexibility index (Phi) is 4.35. The fourth-order valence-corrected chi connectivity index (χ4v) is 1.85. The van der Waals surface area contributed by atoms with Crippen LogP contribution in [0.2, 0.25) is 0 Å². The minimum atomic E-state index is 0.130. The van der Waals surface area contributed by atoms with Gasteiger partial charge in [-0.2, -0.15) is 0 Å². The summed E-state index contributed by atoms with van der Waals surface area (Å²) in [5.74, 6) is 1.72. The minimum absolute atomic E-state index is 0.130. The van der Waals surface area contributed by atoms with Crippen LogP contribution in [0.1, 0.15) is 25.0 Å². The molecule has 0 N–H and O–H groups in total. The SMILES string of the molecule is CCc1c(OC)ccc(CC(C)=O)c1OC. The fourth-order valence-electron chi connectivity index (χ4n) is 1.85. The van der Waals surface area contributed by atoms with Gasteiger partial charge in [0.15, 0.2) is 0 Å². The lowest BCUT2D eigenvalue weighted by atomic mass is 10.0. The van der Waals surface area contributed by atoms with Crippen LogP contribution in [0.15, 0.2) is 12.1 Å². The molecule has 0 aliphatic heterocycles. The molecule has 1 aromatic rings. The predicted octanol–water partition coefficient (Wildman–Crippen LogP) is 2.40. The minimum Gasteiger partial charge on any atom is -0.496 e. The van der Waals surface area contributed by atoms with Gasteiger partial charge in [-0.3, -0.25) is 4.79 Å². The topological polar surface area (TPSA) is 35.5 Å². The van der Waals surface area contributed by atoms with E-state index in [9.17, 15) is 4.79 Å². The van der Waals surface area contributed by atoms with E-state index in [1.807, 2.05) is 19.1 Å². The largest absolute Gasteiger partial charge is 0.496 e. The van der Waals surface area contributed by atoms with Crippen LogP contribution in [-0.2, 0) is 17.6 Å². The Balaban J connectivity index is 3.25. The number of Topliss-reactive ketones (excluding diaryl/α,β-unsaturated/α-hetero) is 1. The fraction of sp³-hybridized carbons (Fsp3) is 0.462. The molecule has 0 aliphatic carbocycles. The molecule has 0 aliphatic rings. The van der Waals surface area contributed by atoms with E-state index in [-0.39, 0.29) is 5.78 Å². The third kappa shape index (κ3) is 2.54. The van der Waals surface area contributed by atoms with Crippen molar-refractivity contribution in [2.75, 3.05) is 14.2 Å². The Hall–Kier alpha value is -1.51. The van der Waals surface area contributed by atoms with Gasteiger partial charge in [-0.25, -0.2) is 0 Å². The van der Waals surface area contributed by atoms with Gasteiger partial charge >= 0.3 is 0 Å². The van der Waals surface area contributed by atoms with Crippen LogP contribution in [0.5, 0.6) is 11.5 Å². The number of methoxy groups -OCH3 is 2. The van der Waals surface area contributed by atoms with Crippen LogP contribution in [0.3, 0.4) is 0 Å². The zero-order valence-electron chi connectivity index (χ0n) is 10.3. The first-order chi connectivity index (χ1) is 7.63. The number of carbonyl (C=O) groups is 1. The molecule has 0 fully saturated rings. The van der Waals surface area contributed by atoms with Gasteiger partial charge in [-0.05, 0) is 19.4 Å². The molecule has 0 saturated heterocycles. The van der Waals surface area contributed by atoms with Crippen molar-refractivity contribution < 1.29 is 14.3 Å². The molecule has 1 rings (SSSR count). The van der Waals surface area contributed by atoms with Crippen molar-refractivity contribution in [3.8, 4) is 11.5 Å². The highest BCUT2D eigenvalue weighted by Gasteiger charge is 2.14. The first-order valence-corrected chi connectivity index (χ1v) is 5.36. The normalized spacial score (nSPS) is 10.0. The third-order valence-electron chi connectivity index (χ3n) is 2.52. The monoisotopic (exact) mass is 222 g/mol. The average molecular weight is 222 g/mol. The summed E-state index contributed by atoms with van der Waals surface area (Å²) in [4.78, 5) is 11.1. The van der Waals surface area contributed by atoms with Gasteiger partial charge in [0.05, 0.1) is 14.2 Å². The Morgan fingerprint density at radius 2 is 1.94 bits per heavy atom. The maximum atomic E-state index is 11.1. The van der Waals surface area contributed by atoms with Crippen LogP contribution >= 0.6 is 0 Å². The highest BCUT2D eigenvalue weighted by molar-refractivity contribution is 5.79. The number of ketones is 1. The molecule has 3 nitrogen and oxygen atoms in total. The summed E-state index contributed by atoms with van der Waals surface area (Å²) < 4.78 is 10.7. The molecular weight excluding hydrogens is 204 g/mol. The van der Waals surface area contributed by atoms with E-state index in [1.165, 1.54) is 0 Å². The van der Waals surface area contributed by atoms with Gasteiger partial charge in [0.25, 0.3) is 0 Å². The number of hydrogen-bond donors (Lipinski definition) is 0. The van der Waals surface area contributed by atoms with E-state index in [0.29, 0.717) is 6.42 Å². The van der Waals surface area contributed by atoms with E-state index in [2.05, 4.69) is 0 Å². The van der Waals surface area contributed by atoms with Crippen molar-refractivity contribution in [1.82, 2.24) is 0 Å². The maximum Gasteiger partial charge on any atom is 0.134 e. The van der Waals surface area contributed by atoms with E-state index >= 15 is 0 Å². The molecule has 88 valence electrons. The second-order valence-electron chi connectivity index (χ2n) is 3.67. The first-order valence-electron chi connectivity index (χ1n) is 5.36. The van der Waals surface area contributed by atoms with Crippen molar-refractivity contribution in [2.24, 2.45) is 0 Å². The number of ether oxygens (including phenoxy) is 2. The second-order valence-corrected chi connectivity index (χ2v) is 3.67. The molecule has 0 amide bonds. The maximum absolute atomic E-state index is 11.1. The smallest absolute Gasteiger partial charge is 0.134 e. The highest BCUT2D eigenvalue weighted by Crippen LogP contribution is 2.32. The third-order valence-corrected chi connectivity index (χ3v) is 2.52. The summed E-state index contributed by atoms with van der Waals surface area (Å²) in [5.41, 5.74) is 1.94. The van der Waals surface area contributed by atoms with Crippen molar-refractivity contribution in [2.45, 2.75) is 26.7 Å². The van der Waals surface area contributed by atoms with Gasteiger partial charge in [0.2, 0.25) is 0 Å². The predicted molar refractivity (Wildman–Crippen MR) is 63.3 cm³/mol. The summed E-state index contributed by atoms with van der Waals surface area (Å²) in [6.07, 6.45) is 1.22. The average Bonchev–Trinajstić information content (AvgIpc) is 2.27. The molecule has 0 heterocycles. The first kappa shape index (κ1) is 12.6. The second kappa shape index (κ2) is 5.54. The van der Waals surface area contributed by atoms with Crippen molar-refractivity contribution in [3.63, 3.8) is 0 Å². The summed E-state index contributed by atoms with van der Waals surface area (Å²) in [6, 6.07) is 3.78. The molecule has 0 atom stereocenters. The Labute approximate surface area is 96.4 Å². The van der Waals surface area contributed by atoms with Gasteiger partial charge in [-0.1, -0.05) is 13.0 Å². The molecule has 0 unspecified atom stereocenters. The lowest BCUT2D eigenvalue weighted by Gasteiger charge is -2.15. The van der Waals surface area contributed by atoms with Crippen LogP contribution in [-0.4, -0.2) is 20.0 Å². The van der Waals surface area contributed by atoms with Crippen LogP contribution in [0, 0.1) is 0 Å². The highest BCUT2D eigenvalue weighted by atomic mass is 16.5. The Morgan fingerprint density at radius 3 is 2.38 bits per heavy atom. The van der Waals surface area contributed by atoms with E-state index in [4.69, 9.17) is 9.47 Å². The van der Waals surface area contributed by atoms with Crippen molar-refractivity contribution in [3.05, 3.63) is 23.3 Å². The van der Waals surface area contributed by atoms with E-state index in [0.717, 1.165) is 29.0 Å². The van der Waals surface area contributed by atoms with Crippen LogP contribution in [0.25, 0.3) is 0 Å².